The van der Waals surface area contributed by atoms with E-state index < -0.39 is 15.7 Å². The summed E-state index contributed by atoms with van der Waals surface area (Å²) >= 11 is 0. The summed E-state index contributed by atoms with van der Waals surface area (Å²) < 4.78 is 24.5. The second-order valence-corrected chi connectivity index (χ2v) is 7.98. The number of benzene rings is 1. The van der Waals surface area contributed by atoms with Crippen molar-refractivity contribution >= 4 is 39.8 Å². The first-order valence-corrected chi connectivity index (χ1v) is 9.89. The molecule has 25 heavy (non-hydrogen) atoms. The lowest BCUT2D eigenvalue weighted by atomic mass is 10.0. The van der Waals surface area contributed by atoms with E-state index in [0.29, 0.717) is 12.1 Å². The molecule has 0 saturated carbocycles. The number of guanidine groups is 1. The standard InChI is InChI=1S/C16H24N4O3S.ClH/c1-3-11-9-13(20-7-5-4-6-8-20)14(24(2,22)23)10-12(11)15(21)19-16(17)18;/h9-10H,3-8H2,1-2H3,(H4,17,18,19,21);1H. The molecule has 0 aromatic heterocycles. The summed E-state index contributed by atoms with van der Waals surface area (Å²) in [5.74, 6) is -0.968. The molecule has 9 heteroatoms. The fourth-order valence-electron chi connectivity index (χ4n) is 2.96. The molecule has 1 fully saturated rings. The van der Waals surface area contributed by atoms with Gasteiger partial charge in [-0.1, -0.05) is 6.92 Å². The average molecular weight is 389 g/mol. The summed E-state index contributed by atoms with van der Waals surface area (Å²) in [6.45, 7) is 3.53. The van der Waals surface area contributed by atoms with Gasteiger partial charge in [0.25, 0.3) is 5.91 Å². The van der Waals surface area contributed by atoms with E-state index in [9.17, 15) is 13.2 Å². The van der Waals surface area contributed by atoms with Crippen molar-refractivity contribution in [1.29, 1.82) is 0 Å². The fraction of sp³-hybridized carbons (Fsp3) is 0.500. The van der Waals surface area contributed by atoms with Crippen LogP contribution in [0.3, 0.4) is 0 Å². The Bertz CT molecular complexity index is 768. The molecule has 140 valence electrons. The van der Waals surface area contributed by atoms with Gasteiger partial charge in [-0.15, -0.1) is 12.4 Å². The number of carbonyl (C=O) groups is 1. The van der Waals surface area contributed by atoms with E-state index in [-0.39, 0.29) is 28.8 Å². The van der Waals surface area contributed by atoms with Gasteiger partial charge in [-0.05, 0) is 43.4 Å². The summed E-state index contributed by atoms with van der Waals surface area (Å²) in [6, 6.07) is 3.20. The summed E-state index contributed by atoms with van der Waals surface area (Å²) in [7, 11) is -3.50. The van der Waals surface area contributed by atoms with Gasteiger partial charge in [0.05, 0.1) is 10.6 Å². The number of hydrogen-bond donors (Lipinski definition) is 2. The van der Waals surface area contributed by atoms with E-state index in [0.717, 1.165) is 44.2 Å². The van der Waals surface area contributed by atoms with Crippen LogP contribution in [0.5, 0.6) is 0 Å². The predicted molar refractivity (Wildman–Crippen MR) is 102 cm³/mol. The van der Waals surface area contributed by atoms with Crippen LogP contribution in [0, 0.1) is 0 Å². The van der Waals surface area contributed by atoms with Gasteiger partial charge in [0.1, 0.15) is 0 Å². The summed E-state index contributed by atoms with van der Waals surface area (Å²) in [5, 5.41) is 0. The second-order valence-electron chi connectivity index (χ2n) is 5.99. The first-order chi connectivity index (χ1) is 11.2. The third-order valence-electron chi connectivity index (χ3n) is 4.12. The van der Waals surface area contributed by atoms with Crippen LogP contribution >= 0.6 is 12.4 Å². The van der Waals surface area contributed by atoms with Gasteiger partial charge in [0, 0.05) is 24.9 Å². The molecule has 0 radical (unpaired) electrons. The normalized spacial score (nSPS) is 14.6. The van der Waals surface area contributed by atoms with Gasteiger partial charge in [0.15, 0.2) is 15.8 Å². The van der Waals surface area contributed by atoms with E-state index in [2.05, 4.69) is 9.89 Å². The zero-order valence-electron chi connectivity index (χ0n) is 14.5. The first-order valence-electron chi connectivity index (χ1n) is 8.00. The van der Waals surface area contributed by atoms with Gasteiger partial charge in [-0.3, -0.25) is 4.79 Å². The van der Waals surface area contributed by atoms with Crippen LogP contribution in [0.25, 0.3) is 0 Å². The number of aryl methyl sites for hydroxylation is 1. The maximum atomic E-state index is 12.3. The molecule has 0 unspecified atom stereocenters. The van der Waals surface area contributed by atoms with Crippen LogP contribution in [-0.2, 0) is 16.3 Å². The van der Waals surface area contributed by atoms with Crippen LogP contribution < -0.4 is 16.4 Å². The van der Waals surface area contributed by atoms with Crippen LogP contribution in [0.2, 0.25) is 0 Å². The highest BCUT2D eigenvalue weighted by molar-refractivity contribution is 7.90. The topological polar surface area (TPSA) is 119 Å². The molecule has 4 N–H and O–H groups in total. The molecule has 0 bridgehead atoms. The number of halogens is 1. The van der Waals surface area contributed by atoms with Crippen molar-refractivity contribution in [2.45, 2.75) is 37.5 Å². The van der Waals surface area contributed by atoms with Crippen LogP contribution in [0.1, 0.15) is 42.1 Å². The fourth-order valence-corrected chi connectivity index (χ4v) is 3.86. The molecule has 1 saturated heterocycles. The van der Waals surface area contributed by atoms with Crippen LogP contribution in [0.4, 0.5) is 5.69 Å². The van der Waals surface area contributed by atoms with Gasteiger partial charge >= 0.3 is 0 Å². The minimum absolute atomic E-state index is 0. The van der Waals surface area contributed by atoms with Crippen molar-refractivity contribution in [1.82, 2.24) is 0 Å². The molecule has 1 aromatic rings. The number of carbonyl (C=O) groups excluding carboxylic acids is 1. The number of amides is 1. The zero-order valence-corrected chi connectivity index (χ0v) is 16.1. The molecular formula is C16H25ClN4O3S. The number of nitrogens with two attached hydrogens (primary N) is 2. The van der Waals surface area contributed by atoms with E-state index in [1.165, 1.54) is 6.07 Å². The Hall–Kier alpha value is -1.80. The molecule has 0 atom stereocenters. The maximum absolute atomic E-state index is 12.3. The average Bonchev–Trinajstić information content (AvgIpc) is 2.52. The lowest BCUT2D eigenvalue weighted by molar-refractivity contribution is 0.100. The van der Waals surface area contributed by atoms with Crippen molar-refractivity contribution in [3.05, 3.63) is 23.3 Å². The quantitative estimate of drug-likeness (QED) is 0.595. The SMILES string of the molecule is CCc1cc(N2CCCCC2)c(S(C)(=O)=O)cc1C(=O)N=C(N)N.Cl. The summed E-state index contributed by atoms with van der Waals surface area (Å²) in [6.07, 6.45) is 4.92. The molecule has 7 nitrogen and oxygen atoms in total. The Morgan fingerprint density at radius 1 is 1.20 bits per heavy atom. The highest BCUT2D eigenvalue weighted by Gasteiger charge is 2.24. The van der Waals surface area contributed by atoms with E-state index in [1.54, 1.807) is 6.07 Å². The summed E-state index contributed by atoms with van der Waals surface area (Å²) in [5.41, 5.74) is 12.2. The number of nitrogens with zero attached hydrogens (tertiary/aromatic N) is 2. The maximum Gasteiger partial charge on any atom is 0.280 e. The molecule has 0 aliphatic carbocycles. The molecule has 1 aromatic carbocycles. The van der Waals surface area contributed by atoms with Gasteiger partial charge in [-0.2, -0.15) is 4.99 Å². The van der Waals surface area contributed by atoms with Gasteiger partial charge in [-0.25, -0.2) is 8.42 Å². The van der Waals surface area contributed by atoms with Crippen molar-refractivity contribution in [3.63, 3.8) is 0 Å². The molecule has 1 aliphatic rings. The van der Waals surface area contributed by atoms with Gasteiger partial charge in [0.2, 0.25) is 0 Å². The largest absolute Gasteiger partial charge is 0.370 e. The Kier molecular flexibility index (Phi) is 7.25. The number of aliphatic imine (C=N–C) groups is 1. The smallest absolute Gasteiger partial charge is 0.280 e. The molecule has 2 rings (SSSR count). The lowest BCUT2D eigenvalue weighted by Gasteiger charge is -2.31. The summed E-state index contributed by atoms with van der Waals surface area (Å²) in [4.78, 5) is 18.0. The van der Waals surface area contributed by atoms with Crippen molar-refractivity contribution < 1.29 is 13.2 Å². The van der Waals surface area contributed by atoms with Crippen molar-refractivity contribution in [2.75, 3.05) is 24.2 Å². The Morgan fingerprint density at radius 2 is 1.80 bits per heavy atom. The molecule has 1 amide bonds. The van der Waals surface area contributed by atoms with E-state index in [4.69, 9.17) is 11.5 Å². The zero-order chi connectivity index (χ0) is 17.9. The van der Waals surface area contributed by atoms with E-state index >= 15 is 0 Å². The number of sulfone groups is 1. The molecule has 0 spiro atoms. The Labute approximate surface area is 154 Å². The first kappa shape index (κ1) is 21.2. The molecular weight excluding hydrogens is 364 g/mol. The highest BCUT2D eigenvalue weighted by Crippen LogP contribution is 2.32. The molecule has 1 aliphatic heterocycles. The van der Waals surface area contributed by atoms with E-state index in [1.807, 2.05) is 6.92 Å². The predicted octanol–water partition coefficient (Wildman–Crippen LogP) is 1.48. The molecule has 1 heterocycles. The highest BCUT2D eigenvalue weighted by atomic mass is 35.5. The van der Waals surface area contributed by atoms with Crippen molar-refractivity contribution in [2.24, 2.45) is 16.5 Å². The Balaban J connectivity index is 0.00000312. The second kappa shape index (κ2) is 8.53. The number of piperidine rings is 1. The number of hydrogen-bond acceptors (Lipinski definition) is 4. The van der Waals surface area contributed by atoms with Crippen molar-refractivity contribution in [3.8, 4) is 0 Å². The lowest BCUT2D eigenvalue weighted by Crippen LogP contribution is -2.31. The minimum atomic E-state index is -3.50. The third kappa shape index (κ3) is 5.09. The third-order valence-corrected chi connectivity index (χ3v) is 5.25. The number of anilines is 1. The number of rotatable bonds is 4. The Morgan fingerprint density at radius 3 is 2.28 bits per heavy atom. The monoisotopic (exact) mass is 388 g/mol. The van der Waals surface area contributed by atoms with Gasteiger partial charge < -0.3 is 16.4 Å². The van der Waals surface area contributed by atoms with Crippen LogP contribution in [0.15, 0.2) is 22.0 Å². The van der Waals surface area contributed by atoms with Crippen LogP contribution in [-0.4, -0.2) is 39.6 Å². The minimum Gasteiger partial charge on any atom is -0.370 e.